The number of benzene rings is 4. The van der Waals surface area contributed by atoms with Crippen molar-refractivity contribution < 1.29 is 8.85 Å². The molecule has 4 aromatic carbocycles. The molecule has 0 atom stereocenters. The Labute approximate surface area is 194 Å². The van der Waals surface area contributed by atoms with Gasteiger partial charge in [0.1, 0.15) is 11.5 Å². The van der Waals surface area contributed by atoms with Gasteiger partial charge >= 0.3 is 0 Å². The van der Waals surface area contributed by atoms with Gasteiger partial charge in [-0.15, -0.1) is 0 Å². The van der Waals surface area contributed by atoms with E-state index in [1.165, 1.54) is 10.8 Å². The molecule has 0 heterocycles. The van der Waals surface area contributed by atoms with E-state index in [0.717, 1.165) is 33.8 Å². The van der Waals surface area contributed by atoms with Crippen LogP contribution >= 0.6 is 0 Å². The molecule has 4 heteroatoms. The lowest BCUT2D eigenvalue weighted by molar-refractivity contribution is 0.559. The van der Waals surface area contributed by atoms with E-state index in [1.54, 1.807) is 0 Å². The summed E-state index contributed by atoms with van der Waals surface area (Å²) in [4.78, 5) is 0. The van der Waals surface area contributed by atoms with Gasteiger partial charge in [-0.1, -0.05) is 72.8 Å². The highest BCUT2D eigenvalue weighted by molar-refractivity contribution is 6.71. The van der Waals surface area contributed by atoms with Crippen LogP contribution in [0.15, 0.2) is 84.9 Å². The zero-order valence-electron chi connectivity index (χ0n) is 19.9. The highest BCUT2D eigenvalue weighted by Gasteiger charge is 2.25. The van der Waals surface area contributed by atoms with Gasteiger partial charge in [0.15, 0.2) is 0 Å². The fourth-order valence-corrected chi connectivity index (χ4v) is 5.65. The van der Waals surface area contributed by atoms with Gasteiger partial charge in [0.05, 0.1) is 0 Å². The van der Waals surface area contributed by atoms with Crippen molar-refractivity contribution in [1.82, 2.24) is 0 Å². The molecule has 0 saturated heterocycles. The van der Waals surface area contributed by atoms with Crippen LogP contribution in [0.4, 0.5) is 0 Å². The van der Waals surface area contributed by atoms with Crippen molar-refractivity contribution in [1.29, 1.82) is 0 Å². The molecular weight excluding hydrogens is 424 g/mol. The fraction of sp³-hybridized carbons (Fsp3) is 0.214. The molecule has 0 aliphatic carbocycles. The standard InChI is InChI=1S/C28H32O2Si2/c1-31(2,3)29-24-19-17-23-18-20-25(30-32(4,5)6)27(22-15-11-8-12-16-22)28(23)26(24)21-13-9-7-10-14-21/h7-20H,1-6H3. The Morgan fingerprint density at radius 2 is 0.844 bits per heavy atom. The van der Waals surface area contributed by atoms with Crippen LogP contribution in [0, 0.1) is 0 Å². The van der Waals surface area contributed by atoms with E-state index in [1.807, 2.05) is 0 Å². The molecular formula is C28H32O2Si2. The Bertz CT molecular complexity index is 1130. The molecule has 32 heavy (non-hydrogen) atoms. The van der Waals surface area contributed by atoms with Crippen molar-refractivity contribution in [3.63, 3.8) is 0 Å². The Kier molecular flexibility index (Phi) is 6.01. The van der Waals surface area contributed by atoms with Gasteiger partial charge in [-0.3, -0.25) is 0 Å². The lowest BCUT2D eigenvalue weighted by Crippen LogP contribution is -2.30. The van der Waals surface area contributed by atoms with Crippen LogP contribution in [0.5, 0.6) is 11.5 Å². The van der Waals surface area contributed by atoms with E-state index in [9.17, 15) is 0 Å². The van der Waals surface area contributed by atoms with Crippen LogP contribution in [0.25, 0.3) is 33.0 Å². The van der Waals surface area contributed by atoms with E-state index >= 15 is 0 Å². The Hall–Kier alpha value is -2.83. The monoisotopic (exact) mass is 456 g/mol. The van der Waals surface area contributed by atoms with Crippen molar-refractivity contribution in [3.8, 4) is 33.8 Å². The number of hydrogen-bond acceptors (Lipinski definition) is 2. The minimum atomic E-state index is -1.82. The molecule has 0 aliphatic rings. The highest BCUT2D eigenvalue weighted by Crippen LogP contribution is 2.46. The van der Waals surface area contributed by atoms with Gasteiger partial charge in [0.2, 0.25) is 16.6 Å². The van der Waals surface area contributed by atoms with Crippen LogP contribution in [-0.2, 0) is 0 Å². The summed E-state index contributed by atoms with van der Waals surface area (Å²) in [7, 11) is -3.65. The predicted molar refractivity (Wildman–Crippen MR) is 143 cm³/mol. The zero-order chi connectivity index (χ0) is 22.9. The molecule has 0 fully saturated rings. The molecule has 0 spiro atoms. The molecule has 4 aromatic rings. The Balaban J connectivity index is 2.14. The van der Waals surface area contributed by atoms with Crippen LogP contribution < -0.4 is 8.85 Å². The van der Waals surface area contributed by atoms with Crippen molar-refractivity contribution in [2.24, 2.45) is 0 Å². The second-order valence-electron chi connectivity index (χ2n) is 10.1. The summed E-state index contributed by atoms with van der Waals surface area (Å²) in [5.74, 6) is 1.90. The summed E-state index contributed by atoms with van der Waals surface area (Å²) < 4.78 is 13.3. The van der Waals surface area contributed by atoms with E-state index in [-0.39, 0.29) is 0 Å². The normalized spacial score (nSPS) is 12.1. The Morgan fingerprint density at radius 3 is 1.19 bits per heavy atom. The van der Waals surface area contributed by atoms with Crippen LogP contribution in [0.2, 0.25) is 39.3 Å². The third kappa shape index (κ3) is 4.97. The largest absolute Gasteiger partial charge is 0.544 e. The molecule has 4 rings (SSSR count). The molecule has 0 unspecified atom stereocenters. The number of hydrogen-bond donors (Lipinski definition) is 0. The summed E-state index contributed by atoms with van der Waals surface area (Å²) in [6, 6.07) is 29.8. The third-order valence-corrected chi connectivity index (χ3v) is 6.73. The van der Waals surface area contributed by atoms with Gasteiger partial charge in [0.25, 0.3) is 0 Å². The third-order valence-electron chi connectivity index (χ3n) is 5.07. The van der Waals surface area contributed by atoms with Crippen LogP contribution in [0.1, 0.15) is 0 Å². The van der Waals surface area contributed by atoms with Gasteiger partial charge in [0, 0.05) is 16.5 Å². The van der Waals surface area contributed by atoms with Crippen molar-refractivity contribution >= 4 is 27.4 Å². The quantitative estimate of drug-likeness (QED) is 0.270. The van der Waals surface area contributed by atoms with Crippen molar-refractivity contribution in [3.05, 3.63) is 84.9 Å². The maximum atomic E-state index is 6.63. The minimum Gasteiger partial charge on any atom is -0.544 e. The second kappa shape index (κ2) is 8.60. The molecule has 0 aromatic heterocycles. The average Bonchev–Trinajstić information content (AvgIpc) is 2.72. The van der Waals surface area contributed by atoms with E-state index in [4.69, 9.17) is 8.85 Å². The maximum Gasteiger partial charge on any atom is 0.242 e. The second-order valence-corrected chi connectivity index (χ2v) is 19.0. The summed E-state index contributed by atoms with van der Waals surface area (Å²) >= 11 is 0. The number of rotatable bonds is 6. The maximum absolute atomic E-state index is 6.63. The SMILES string of the molecule is C[Si](C)(C)Oc1ccc2ccc(O[Si](C)(C)C)c(-c3ccccc3)c2c1-c1ccccc1. The summed E-state index contributed by atoms with van der Waals surface area (Å²) in [5.41, 5.74) is 4.61. The van der Waals surface area contributed by atoms with Crippen molar-refractivity contribution in [2.75, 3.05) is 0 Å². The smallest absolute Gasteiger partial charge is 0.242 e. The highest BCUT2D eigenvalue weighted by atomic mass is 28.4. The van der Waals surface area contributed by atoms with Gasteiger partial charge in [-0.25, -0.2) is 0 Å². The summed E-state index contributed by atoms with van der Waals surface area (Å²) in [6.07, 6.45) is 0. The summed E-state index contributed by atoms with van der Waals surface area (Å²) in [6.45, 7) is 13.4. The molecule has 0 N–H and O–H groups in total. The number of fused-ring (bicyclic) bond motifs is 1. The van der Waals surface area contributed by atoms with Gasteiger partial charge < -0.3 is 8.85 Å². The first kappa shape index (κ1) is 22.4. The summed E-state index contributed by atoms with van der Waals surface area (Å²) in [5, 5.41) is 2.38. The first-order valence-corrected chi connectivity index (χ1v) is 18.0. The van der Waals surface area contributed by atoms with Crippen molar-refractivity contribution in [2.45, 2.75) is 39.3 Å². The lowest BCUT2D eigenvalue weighted by Gasteiger charge is -2.26. The topological polar surface area (TPSA) is 18.5 Å². The first-order valence-electron chi connectivity index (χ1n) is 11.2. The van der Waals surface area contributed by atoms with E-state index in [2.05, 4.69) is 124 Å². The zero-order valence-corrected chi connectivity index (χ0v) is 21.9. The molecule has 0 aliphatic heterocycles. The molecule has 0 saturated carbocycles. The average molecular weight is 457 g/mol. The first-order chi connectivity index (χ1) is 15.1. The van der Waals surface area contributed by atoms with Gasteiger partial charge in [-0.05, 0) is 67.9 Å². The Morgan fingerprint density at radius 1 is 0.469 bits per heavy atom. The predicted octanol–water partition coefficient (Wildman–Crippen LogP) is 8.60. The van der Waals surface area contributed by atoms with Crippen LogP contribution in [-0.4, -0.2) is 16.6 Å². The van der Waals surface area contributed by atoms with E-state index < -0.39 is 16.6 Å². The molecule has 164 valence electrons. The van der Waals surface area contributed by atoms with Gasteiger partial charge in [-0.2, -0.15) is 0 Å². The fourth-order valence-electron chi connectivity index (χ4n) is 3.99. The minimum absolute atomic E-state index is 0.949. The van der Waals surface area contributed by atoms with Crippen LogP contribution in [0.3, 0.4) is 0 Å². The lowest BCUT2D eigenvalue weighted by atomic mass is 9.90. The molecule has 0 radical (unpaired) electrons. The van der Waals surface area contributed by atoms with E-state index in [0.29, 0.717) is 0 Å². The molecule has 0 amide bonds. The molecule has 0 bridgehead atoms. The molecule has 2 nitrogen and oxygen atoms in total.